The molecule has 0 aromatic heterocycles. The summed E-state index contributed by atoms with van der Waals surface area (Å²) in [7, 11) is 0. The summed E-state index contributed by atoms with van der Waals surface area (Å²) in [4.78, 5) is 0. The van der Waals surface area contributed by atoms with Crippen LogP contribution in [0.4, 0.5) is 0 Å². The summed E-state index contributed by atoms with van der Waals surface area (Å²) < 4.78 is 0. The van der Waals surface area contributed by atoms with E-state index in [4.69, 9.17) is 0 Å². The molecule has 0 aliphatic carbocycles. The molecule has 4 N–H and O–H groups in total. The average Bonchev–Trinajstić information content (AvgIpc) is 0. The molecule has 5 heteroatoms. The molecule has 0 rings (SSSR count). The van der Waals surface area contributed by atoms with Gasteiger partial charge in [-0.05, 0) is 0 Å². The third-order valence-corrected chi connectivity index (χ3v) is 0. The molecule has 0 atom stereocenters. The molecule has 2 nitrogen and oxygen atoms in total. The molecule has 0 unspecified atom stereocenters. The molecule has 5 heavy (non-hydrogen) atoms. The predicted molar refractivity (Wildman–Crippen MR) is 10.6 cm³/mol. The number of nitrogens with two attached hydrogens (primary N) is 2. The first-order valence-electron chi connectivity index (χ1n) is 0. The van der Waals surface area contributed by atoms with Crippen molar-refractivity contribution in [1.29, 1.82) is 0 Å². The van der Waals surface area contributed by atoms with E-state index in [0.717, 1.165) is 0 Å². The van der Waals surface area contributed by atoms with E-state index >= 15 is 0 Å². The van der Waals surface area contributed by atoms with Crippen molar-refractivity contribution in [3.05, 3.63) is 12.3 Å². The van der Waals surface area contributed by atoms with Crippen LogP contribution >= 0.6 is 0 Å². The van der Waals surface area contributed by atoms with Gasteiger partial charge in [0.2, 0.25) is 0 Å². The van der Waals surface area contributed by atoms with Crippen LogP contribution in [0.1, 0.15) is 0 Å². The molecular weight excluding hydrogens is 477 g/mol. The van der Waals surface area contributed by atoms with E-state index < -0.39 is 0 Å². The van der Waals surface area contributed by atoms with Crippen molar-refractivity contribution in [2.45, 2.75) is 0 Å². The summed E-state index contributed by atoms with van der Waals surface area (Å²) in [5, 5.41) is 0. The van der Waals surface area contributed by atoms with Crippen LogP contribution in [0.3, 0.4) is 0 Å². The zero-order chi connectivity index (χ0) is 0. The van der Waals surface area contributed by atoms with Gasteiger partial charge in [-0.1, -0.05) is 0 Å². The Balaban J connectivity index is 0. The fourth-order valence-electron chi connectivity index (χ4n) is 0. The summed E-state index contributed by atoms with van der Waals surface area (Å²) in [6, 6.07) is 0. The number of hydrogen-bond acceptors (Lipinski definition) is 0. The van der Waals surface area contributed by atoms with Crippen molar-refractivity contribution in [2.75, 3.05) is 0 Å². The third kappa shape index (κ3) is 23.5. The fourth-order valence-corrected chi connectivity index (χ4v) is 0. The summed E-state index contributed by atoms with van der Waals surface area (Å²) in [6.07, 6.45) is 0. The minimum absolute atomic E-state index is 0. The molecule has 0 spiro atoms. The Hall–Kier alpha value is 2.07. The summed E-state index contributed by atoms with van der Waals surface area (Å²) in [5.41, 5.74) is 0. The van der Waals surface area contributed by atoms with Crippen LogP contribution in [0.2, 0.25) is 0 Å². The van der Waals surface area contributed by atoms with Gasteiger partial charge >= 0.3 is 21.1 Å². The topological polar surface area (TPSA) is 67.0 Å². The van der Waals surface area contributed by atoms with E-state index in [2.05, 4.69) is 0 Å². The summed E-state index contributed by atoms with van der Waals surface area (Å²) in [6.45, 7) is 0. The summed E-state index contributed by atoms with van der Waals surface area (Å²) in [5.74, 6) is 0. The predicted octanol–water partition coefficient (Wildman–Crippen LogP) is -4.56. The van der Waals surface area contributed by atoms with Gasteiger partial charge in [0.1, 0.15) is 0 Å². The van der Waals surface area contributed by atoms with Crippen molar-refractivity contribution in [1.82, 2.24) is 0 Å². The normalized spacial score (nSPS) is 0. The van der Waals surface area contributed by atoms with Gasteiger partial charge in [0.25, 0.3) is 0 Å². The SMILES string of the molecule is [I-].[I-].[NH2-].[NH2-].[Pt+4]. The fraction of sp³-hybridized carbons (Fsp3) is 0. The Morgan fingerprint density at radius 2 is 0.600 bits per heavy atom. The van der Waals surface area contributed by atoms with Gasteiger partial charge in [-0.25, -0.2) is 0 Å². The van der Waals surface area contributed by atoms with Gasteiger partial charge in [0.15, 0.2) is 0 Å². The standard InChI is InChI=1S/2HI.2H2N.Pt/h2*1H;2*1H2;/q;;2*-1;+4/p-2. The maximum atomic E-state index is 0. The van der Waals surface area contributed by atoms with Crippen molar-refractivity contribution in [3.8, 4) is 0 Å². The van der Waals surface area contributed by atoms with Crippen LogP contribution < -0.4 is 48.0 Å². The average molecular weight is 481 g/mol. The van der Waals surface area contributed by atoms with Gasteiger partial charge in [-0.15, -0.1) is 0 Å². The van der Waals surface area contributed by atoms with Crippen LogP contribution in [-0.4, -0.2) is 0 Å². The molecule has 0 heterocycles. The largest absolute Gasteiger partial charge is 4.00 e. The Morgan fingerprint density at radius 3 is 0.600 bits per heavy atom. The first-order valence-corrected chi connectivity index (χ1v) is 0. The Morgan fingerprint density at radius 1 is 0.600 bits per heavy atom. The van der Waals surface area contributed by atoms with Gasteiger partial charge in [0.05, 0.1) is 0 Å². The second-order valence-corrected chi connectivity index (χ2v) is 0. The zero-order valence-electron chi connectivity index (χ0n) is 2.23. The van der Waals surface area contributed by atoms with E-state index in [0.29, 0.717) is 0 Å². The van der Waals surface area contributed by atoms with E-state index in [-0.39, 0.29) is 81.3 Å². The minimum Gasteiger partial charge on any atom is -1.00 e. The molecule has 0 aliphatic rings. The van der Waals surface area contributed by atoms with Gasteiger partial charge in [-0.3, -0.25) is 0 Å². The molecule has 0 radical (unpaired) electrons. The Bertz CT molecular complexity index is 7.61. The number of rotatable bonds is 0. The maximum Gasteiger partial charge on any atom is 4.00 e. The maximum absolute atomic E-state index is 0. The van der Waals surface area contributed by atoms with E-state index in [1.807, 2.05) is 0 Å². The molecule has 0 saturated carbocycles. The van der Waals surface area contributed by atoms with Gasteiger partial charge < -0.3 is 60.3 Å². The molecule has 0 saturated heterocycles. The second-order valence-electron chi connectivity index (χ2n) is 0. The number of halogens is 2. The van der Waals surface area contributed by atoms with E-state index in [1.165, 1.54) is 0 Å². The van der Waals surface area contributed by atoms with Crippen LogP contribution in [0.15, 0.2) is 0 Å². The zero-order valence-corrected chi connectivity index (χ0v) is 8.81. The van der Waals surface area contributed by atoms with Crippen LogP contribution in [-0.2, 0) is 21.1 Å². The molecule has 0 bridgehead atoms. The van der Waals surface area contributed by atoms with Crippen LogP contribution in [0.25, 0.3) is 12.3 Å². The minimum atomic E-state index is 0. The quantitative estimate of drug-likeness (QED) is 0.314. The number of hydrogen-bond donors (Lipinski definition) is 0. The monoisotopic (exact) mass is 481 g/mol. The Labute approximate surface area is 80.3 Å². The van der Waals surface area contributed by atoms with Crippen LogP contribution in [0, 0.1) is 0 Å². The van der Waals surface area contributed by atoms with Crippen molar-refractivity contribution >= 4 is 0 Å². The molecule has 0 fully saturated rings. The van der Waals surface area contributed by atoms with Crippen LogP contribution in [0.5, 0.6) is 0 Å². The summed E-state index contributed by atoms with van der Waals surface area (Å²) >= 11 is 0. The Kier molecular flexibility index (Phi) is 443. The molecule has 0 aliphatic heterocycles. The van der Waals surface area contributed by atoms with E-state index in [1.54, 1.807) is 0 Å². The third-order valence-electron chi connectivity index (χ3n) is 0. The first-order chi connectivity index (χ1) is 0. The van der Waals surface area contributed by atoms with Gasteiger partial charge in [0, 0.05) is 0 Å². The molecule has 38 valence electrons. The van der Waals surface area contributed by atoms with Gasteiger partial charge in [-0.2, -0.15) is 0 Å². The van der Waals surface area contributed by atoms with E-state index in [9.17, 15) is 0 Å². The smallest absolute Gasteiger partial charge is 1.00 e. The second kappa shape index (κ2) is 36.4. The van der Waals surface area contributed by atoms with Crippen molar-refractivity contribution in [2.24, 2.45) is 0 Å². The van der Waals surface area contributed by atoms with Crippen molar-refractivity contribution < 1.29 is 69.0 Å². The molecule has 0 aromatic carbocycles. The molecule has 0 amide bonds. The molecular formula is H4I2N2Pt. The molecule has 0 aromatic rings. The van der Waals surface area contributed by atoms with Crippen molar-refractivity contribution in [3.63, 3.8) is 0 Å². The first kappa shape index (κ1) is 60.8.